The van der Waals surface area contributed by atoms with Gasteiger partial charge in [-0.25, -0.2) is 0 Å². The summed E-state index contributed by atoms with van der Waals surface area (Å²) in [6.07, 6.45) is 10.3. The van der Waals surface area contributed by atoms with Crippen LogP contribution in [0.4, 0.5) is 11.4 Å². The maximum atomic E-state index is 12.6. The number of nitrogens with zero attached hydrogens (tertiary/aromatic N) is 1. The molecule has 6 atom stereocenters. The number of rotatable bonds is 5. The summed E-state index contributed by atoms with van der Waals surface area (Å²) in [5, 5.41) is 1.17. The third-order valence-electron chi connectivity index (χ3n) is 9.28. The number of carbonyl (C=O) groups is 1. The molecule has 1 fully saturated rings. The molecular formula is C33H43ClN2O3S. The second-order valence-corrected chi connectivity index (χ2v) is 13.5. The third kappa shape index (κ3) is 6.05. The topological polar surface area (TPSA) is 50.8 Å². The molecule has 2 aromatic rings. The number of benzene rings is 2. The Kier molecular flexibility index (Phi) is 9.38. The molecule has 6 unspecified atom stereocenters. The molecule has 40 heavy (non-hydrogen) atoms. The van der Waals surface area contributed by atoms with E-state index < -0.39 is 5.60 Å². The van der Waals surface area contributed by atoms with Crippen molar-refractivity contribution in [1.29, 1.82) is 0 Å². The van der Waals surface area contributed by atoms with Crippen LogP contribution >= 0.6 is 23.5 Å². The first-order valence-electron chi connectivity index (χ1n) is 14.8. The van der Waals surface area contributed by atoms with Gasteiger partial charge in [0.05, 0.1) is 12.3 Å². The summed E-state index contributed by atoms with van der Waals surface area (Å²) in [5.41, 5.74) is 3.95. The summed E-state index contributed by atoms with van der Waals surface area (Å²) in [4.78, 5) is 15.1. The van der Waals surface area contributed by atoms with Gasteiger partial charge in [0, 0.05) is 48.0 Å². The summed E-state index contributed by atoms with van der Waals surface area (Å²) in [5.74, 6) is 2.05. The smallest absolute Gasteiger partial charge is 0.156 e. The molecule has 0 saturated heterocycles. The van der Waals surface area contributed by atoms with Gasteiger partial charge in [0.1, 0.15) is 11.4 Å². The lowest BCUT2D eigenvalue weighted by atomic mass is 9.64. The highest BCUT2D eigenvalue weighted by atomic mass is 35.5. The average Bonchev–Trinajstić information content (AvgIpc) is 3.12. The SMILES string of the molecule is CCCc1cc(Cl)ccc1C1COc2ccc3cc2N(C1)CC1CCC1C(C=O)(OC)/C=C/CC(C)C(C)SN3. The van der Waals surface area contributed by atoms with E-state index in [0.29, 0.717) is 23.7 Å². The van der Waals surface area contributed by atoms with Crippen molar-refractivity contribution in [1.82, 2.24) is 0 Å². The quantitative estimate of drug-likeness (QED) is 0.219. The van der Waals surface area contributed by atoms with Crippen LogP contribution in [0.3, 0.4) is 0 Å². The van der Waals surface area contributed by atoms with E-state index in [9.17, 15) is 4.79 Å². The molecule has 3 aliphatic rings. The number of anilines is 2. The minimum absolute atomic E-state index is 0.150. The summed E-state index contributed by atoms with van der Waals surface area (Å²) in [6, 6.07) is 12.8. The van der Waals surface area contributed by atoms with E-state index in [1.54, 1.807) is 19.1 Å². The van der Waals surface area contributed by atoms with Gasteiger partial charge in [0.2, 0.25) is 0 Å². The van der Waals surface area contributed by atoms with Gasteiger partial charge in [-0.05, 0) is 97.0 Å². The van der Waals surface area contributed by atoms with Crippen LogP contribution in [0.25, 0.3) is 0 Å². The van der Waals surface area contributed by atoms with E-state index in [2.05, 4.69) is 66.8 Å². The van der Waals surface area contributed by atoms with Crippen LogP contribution in [-0.2, 0) is 16.0 Å². The number of nitrogens with one attached hydrogen (secondary N) is 1. The molecule has 5 nitrogen and oxygen atoms in total. The first-order valence-corrected chi connectivity index (χ1v) is 16.0. The highest BCUT2D eigenvalue weighted by Crippen LogP contribution is 2.46. The minimum Gasteiger partial charge on any atom is -0.491 e. The van der Waals surface area contributed by atoms with Crippen LogP contribution in [0, 0.1) is 17.8 Å². The predicted molar refractivity (Wildman–Crippen MR) is 168 cm³/mol. The van der Waals surface area contributed by atoms with Crippen molar-refractivity contribution in [3.63, 3.8) is 0 Å². The molecular weight excluding hydrogens is 540 g/mol. The van der Waals surface area contributed by atoms with Crippen molar-refractivity contribution < 1.29 is 14.3 Å². The Labute approximate surface area is 249 Å². The van der Waals surface area contributed by atoms with Crippen molar-refractivity contribution >= 4 is 41.2 Å². The van der Waals surface area contributed by atoms with Crippen molar-refractivity contribution in [3.8, 4) is 5.75 Å². The Hall–Kier alpha value is -2.15. The minimum atomic E-state index is -0.881. The second-order valence-electron chi connectivity index (χ2n) is 11.8. The molecule has 1 saturated carbocycles. The van der Waals surface area contributed by atoms with Gasteiger partial charge in [-0.2, -0.15) is 0 Å². The van der Waals surface area contributed by atoms with Crippen LogP contribution < -0.4 is 14.4 Å². The average molecular weight is 583 g/mol. The third-order valence-corrected chi connectivity index (χ3v) is 10.7. The Bertz CT molecular complexity index is 1220. The van der Waals surface area contributed by atoms with Gasteiger partial charge in [-0.1, -0.05) is 50.9 Å². The van der Waals surface area contributed by atoms with Gasteiger partial charge in [0.25, 0.3) is 0 Å². The van der Waals surface area contributed by atoms with Gasteiger partial charge in [-0.3, -0.25) is 4.79 Å². The number of halogens is 1. The molecule has 2 heterocycles. The number of methoxy groups -OCH3 is 1. The highest BCUT2D eigenvalue weighted by Gasteiger charge is 2.47. The van der Waals surface area contributed by atoms with Crippen molar-refractivity contribution in [2.75, 3.05) is 36.4 Å². The van der Waals surface area contributed by atoms with E-state index in [1.807, 2.05) is 12.1 Å². The molecule has 2 aromatic carbocycles. The lowest BCUT2D eigenvalue weighted by molar-refractivity contribution is -0.135. The molecule has 0 amide bonds. The first-order chi connectivity index (χ1) is 19.4. The molecule has 2 bridgehead atoms. The maximum absolute atomic E-state index is 12.6. The lowest BCUT2D eigenvalue weighted by Gasteiger charge is -2.47. The number of aryl methyl sites for hydroxylation is 1. The number of allylic oxidation sites excluding steroid dienone is 1. The van der Waals surface area contributed by atoms with Crippen LogP contribution in [-0.4, -0.2) is 43.9 Å². The number of hydrogen-bond donors (Lipinski definition) is 1. The zero-order valence-corrected chi connectivity index (χ0v) is 25.8. The lowest BCUT2D eigenvalue weighted by Crippen LogP contribution is -2.52. The van der Waals surface area contributed by atoms with Gasteiger partial charge >= 0.3 is 0 Å². The molecule has 5 rings (SSSR count). The van der Waals surface area contributed by atoms with Crippen LogP contribution in [0.15, 0.2) is 48.6 Å². The fraction of sp³-hybridized carbons (Fsp3) is 0.545. The van der Waals surface area contributed by atoms with Crippen LogP contribution in [0.5, 0.6) is 5.75 Å². The Balaban J connectivity index is 1.54. The number of fused-ring (bicyclic) bond motifs is 2. The predicted octanol–water partition coefficient (Wildman–Crippen LogP) is 7.93. The Morgan fingerprint density at radius 2 is 2.05 bits per heavy atom. The molecule has 0 aromatic heterocycles. The molecule has 216 valence electrons. The number of hydrogen-bond acceptors (Lipinski definition) is 6. The van der Waals surface area contributed by atoms with E-state index in [4.69, 9.17) is 21.1 Å². The number of ether oxygens (including phenoxy) is 2. The maximum Gasteiger partial charge on any atom is 0.156 e. The molecule has 1 aliphatic carbocycles. The summed E-state index contributed by atoms with van der Waals surface area (Å²) < 4.78 is 16.1. The Morgan fingerprint density at radius 1 is 1.20 bits per heavy atom. The molecule has 1 N–H and O–H groups in total. The normalized spacial score (nSPS) is 31.2. The molecule has 2 aliphatic heterocycles. The zero-order chi connectivity index (χ0) is 28.3. The van der Waals surface area contributed by atoms with Gasteiger partial charge in [-0.15, -0.1) is 0 Å². The largest absolute Gasteiger partial charge is 0.491 e. The number of carbonyl (C=O) groups excluding carboxylic acids is 1. The monoisotopic (exact) mass is 582 g/mol. The van der Waals surface area contributed by atoms with Gasteiger partial charge in [0.15, 0.2) is 6.29 Å². The molecule has 0 radical (unpaired) electrons. The van der Waals surface area contributed by atoms with E-state index in [0.717, 1.165) is 73.6 Å². The first kappa shape index (κ1) is 29.3. The van der Waals surface area contributed by atoms with Crippen LogP contribution in [0.2, 0.25) is 5.02 Å². The van der Waals surface area contributed by atoms with Crippen LogP contribution in [0.1, 0.15) is 63.5 Å². The zero-order valence-electron chi connectivity index (χ0n) is 24.2. The van der Waals surface area contributed by atoms with Gasteiger partial charge < -0.3 is 19.1 Å². The van der Waals surface area contributed by atoms with E-state index in [-0.39, 0.29) is 11.8 Å². The van der Waals surface area contributed by atoms with E-state index in [1.165, 1.54) is 11.1 Å². The van der Waals surface area contributed by atoms with Crippen molar-refractivity contribution in [2.24, 2.45) is 17.8 Å². The second kappa shape index (κ2) is 12.8. The number of aldehydes is 1. The summed E-state index contributed by atoms with van der Waals surface area (Å²) >= 11 is 8.17. The van der Waals surface area contributed by atoms with E-state index >= 15 is 0 Å². The summed E-state index contributed by atoms with van der Waals surface area (Å²) in [7, 11) is 1.68. The molecule has 0 spiro atoms. The van der Waals surface area contributed by atoms with Crippen molar-refractivity contribution in [2.45, 2.75) is 69.6 Å². The standard InChI is InChI=1S/C33H43ClN2O3S/c1-5-7-24-16-27(34)10-12-29(24)26-19-36-18-25-9-13-30(25)33(21-37,38-4)15-6-8-22(2)23(3)40-35-28-11-14-32(39-20-26)31(36)17-28/h6,10-12,14-17,21-23,25-26,30,35H,5,7-9,13,18-20H2,1-4H3/b15-6+. The fourth-order valence-corrected chi connectivity index (χ4v) is 7.48. The molecule has 7 heteroatoms. The summed E-state index contributed by atoms with van der Waals surface area (Å²) in [6.45, 7) is 9.04. The fourth-order valence-electron chi connectivity index (χ4n) is 6.50. The highest BCUT2D eigenvalue weighted by molar-refractivity contribution is 8.01. The van der Waals surface area contributed by atoms with Crippen molar-refractivity contribution in [3.05, 3.63) is 64.7 Å². The Morgan fingerprint density at radius 3 is 2.77 bits per heavy atom.